The highest BCUT2D eigenvalue weighted by Gasteiger charge is 2.57. The third-order valence-corrected chi connectivity index (χ3v) is 8.09. The van der Waals surface area contributed by atoms with Crippen LogP contribution in [0.15, 0.2) is 41.7 Å². The fraction of sp³-hybridized carbons (Fsp3) is 0.452. The molecule has 0 bridgehead atoms. The van der Waals surface area contributed by atoms with Gasteiger partial charge in [0.2, 0.25) is 0 Å². The molecular weight excluding hydrogens is 468 g/mol. The molecule has 6 heteroatoms. The molecule has 0 saturated heterocycles. The van der Waals surface area contributed by atoms with Crippen molar-refractivity contribution >= 4 is 17.3 Å². The van der Waals surface area contributed by atoms with E-state index in [9.17, 15) is 19.5 Å². The Morgan fingerprint density at radius 1 is 1.00 bits per heavy atom. The Bertz CT molecular complexity index is 1380. The maximum Gasteiger partial charge on any atom is 0.175 e. The van der Waals surface area contributed by atoms with Crippen LogP contribution < -0.4 is 9.47 Å². The van der Waals surface area contributed by atoms with E-state index in [0.29, 0.717) is 40.4 Å². The first kappa shape index (κ1) is 25.2. The molecule has 2 atom stereocenters. The highest BCUT2D eigenvalue weighted by Crippen LogP contribution is 2.59. The Morgan fingerprint density at radius 3 is 2.27 bits per heavy atom. The number of carbonyl (C=O) groups is 3. The number of benzene rings is 2. The monoisotopic (exact) mass is 502 g/mol. The molecule has 0 fully saturated rings. The number of fused-ring (bicyclic) bond motifs is 2. The Balaban J connectivity index is 1.75. The topological polar surface area (TPSA) is 89.9 Å². The Labute approximate surface area is 217 Å². The smallest absolute Gasteiger partial charge is 0.175 e. The van der Waals surface area contributed by atoms with Crippen LogP contribution in [0.4, 0.5) is 0 Å². The molecule has 0 saturated carbocycles. The van der Waals surface area contributed by atoms with E-state index in [-0.39, 0.29) is 41.0 Å². The van der Waals surface area contributed by atoms with E-state index in [1.807, 2.05) is 44.2 Å². The van der Waals surface area contributed by atoms with Crippen molar-refractivity contribution in [2.24, 2.45) is 16.7 Å². The van der Waals surface area contributed by atoms with Gasteiger partial charge in [0.15, 0.2) is 17.3 Å². The SMILES string of the molecule is Cc1c2c(c(O)c3c1OC1=C(C(=O)C(C)(C)C(=O)C1(C)C)C3CC(C)C)C(=O)CC(c1ccccc1)O2. The van der Waals surface area contributed by atoms with Crippen molar-refractivity contribution in [2.45, 2.75) is 73.3 Å². The summed E-state index contributed by atoms with van der Waals surface area (Å²) < 4.78 is 12.8. The van der Waals surface area contributed by atoms with Crippen LogP contribution in [0.1, 0.15) is 93.5 Å². The zero-order valence-corrected chi connectivity index (χ0v) is 22.5. The number of allylic oxidation sites excluding steroid dienone is 2. The third-order valence-electron chi connectivity index (χ3n) is 8.09. The number of phenols is 1. The molecule has 37 heavy (non-hydrogen) atoms. The number of ketones is 3. The van der Waals surface area contributed by atoms with E-state index in [4.69, 9.17) is 9.47 Å². The van der Waals surface area contributed by atoms with Crippen molar-refractivity contribution in [1.29, 1.82) is 0 Å². The summed E-state index contributed by atoms with van der Waals surface area (Å²) in [5.41, 5.74) is 0.193. The summed E-state index contributed by atoms with van der Waals surface area (Å²) in [6.45, 7) is 12.8. The summed E-state index contributed by atoms with van der Waals surface area (Å²) in [4.78, 5) is 40.7. The van der Waals surface area contributed by atoms with Crippen molar-refractivity contribution in [2.75, 3.05) is 0 Å². The van der Waals surface area contributed by atoms with Gasteiger partial charge in [0, 0.05) is 22.6 Å². The maximum absolute atomic E-state index is 13.8. The number of Topliss-reactive ketones (excluding diaryl/α,β-unsaturated/α-hetero) is 3. The van der Waals surface area contributed by atoms with Gasteiger partial charge in [-0.05, 0) is 52.5 Å². The van der Waals surface area contributed by atoms with E-state index in [1.54, 1.807) is 34.6 Å². The second-order valence-electron chi connectivity index (χ2n) is 12.0. The van der Waals surface area contributed by atoms with E-state index >= 15 is 0 Å². The lowest BCUT2D eigenvalue weighted by atomic mass is 9.59. The molecule has 0 spiro atoms. The molecule has 2 aliphatic heterocycles. The molecule has 2 heterocycles. The first-order valence-corrected chi connectivity index (χ1v) is 12.9. The molecule has 2 aromatic carbocycles. The second kappa shape index (κ2) is 8.30. The van der Waals surface area contributed by atoms with Gasteiger partial charge in [0.05, 0.1) is 17.3 Å². The fourth-order valence-electron chi connectivity index (χ4n) is 6.23. The third kappa shape index (κ3) is 3.56. The molecule has 3 aliphatic rings. The van der Waals surface area contributed by atoms with E-state index < -0.39 is 22.9 Å². The van der Waals surface area contributed by atoms with Crippen LogP contribution in [-0.4, -0.2) is 22.5 Å². The van der Waals surface area contributed by atoms with Gasteiger partial charge in [0.25, 0.3) is 0 Å². The molecule has 1 aliphatic carbocycles. The van der Waals surface area contributed by atoms with Crippen molar-refractivity contribution < 1.29 is 29.0 Å². The molecule has 1 N–H and O–H groups in total. The highest BCUT2D eigenvalue weighted by atomic mass is 16.5. The van der Waals surface area contributed by atoms with Gasteiger partial charge in [-0.15, -0.1) is 0 Å². The molecule has 2 unspecified atom stereocenters. The number of phenolic OH excluding ortho intramolecular Hbond substituents is 1. The van der Waals surface area contributed by atoms with Crippen molar-refractivity contribution in [1.82, 2.24) is 0 Å². The second-order valence-corrected chi connectivity index (χ2v) is 12.0. The van der Waals surface area contributed by atoms with Gasteiger partial charge >= 0.3 is 0 Å². The van der Waals surface area contributed by atoms with Gasteiger partial charge < -0.3 is 14.6 Å². The summed E-state index contributed by atoms with van der Waals surface area (Å²) in [7, 11) is 0. The first-order chi connectivity index (χ1) is 17.3. The number of rotatable bonds is 3. The average molecular weight is 503 g/mol. The van der Waals surface area contributed by atoms with Crippen molar-refractivity contribution in [3.8, 4) is 17.2 Å². The Morgan fingerprint density at radius 2 is 1.65 bits per heavy atom. The van der Waals surface area contributed by atoms with E-state index in [0.717, 1.165) is 5.56 Å². The molecular formula is C31H34O6. The standard InChI is InChI=1S/C31H34O6/c1-15(2)13-18-21-24(33)23-19(32)14-20(17-11-9-8-10-12-17)36-26(23)16(3)25(21)37-28-22(18)27(34)30(4,5)29(35)31(28,6)7/h8-12,15,18,20,33H,13-14H2,1-7H3. The maximum atomic E-state index is 13.8. The summed E-state index contributed by atoms with van der Waals surface area (Å²) in [5, 5.41) is 11.6. The van der Waals surface area contributed by atoms with Gasteiger partial charge in [-0.25, -0.2) is 0 Å². The fourth-order valence-corrected chi connectivity index (χ4v) is 6.23. The number of hydrogen-bond acceptors (Lipinski definition) is 6. The zero-order valence-electron chi connectivity index (χ0n) is 22.5. The number of ether oxygens (including phenoxy) is 2. The van der Waals surface area contributed by atoms with E-state index in [1.165, 1.54) is 0 Å². The van der Waals surface area contributed by atoms with Gasteiger partial charge in [0.1, 0.15) is 34.7 Å². The first-order valence-electron chi connectivity index (χ1n) is 12.9. The molecule has 0 amide bonds. The van der Waals surface area contributed by atoms with Crippen LogP contribution in [0.2, 0.25) is 0 Å². The quantitative estimate of drug-likeness (QED) is 0.489. The zero-order chi connectivity index (χ0) is 27.0. The average Bonchev–Trinajstić information content (AvgIpc) is 2.84. The number of carbonyl (C=O) groups excluding carboxylic acids is 3. The largest absolute Gasteiger partial charge is 0.507 e. The van der Waals surface area contributed by atoms with Gasteiger partial charge in [-0.2, -0.15) is 0 Å². The summed E-state index contributed by atoms with van der Waals surface area (Å²) >= 11 is 0. The molecule has 0 aromatic heterocycles. The highest BCUT2D eigenvalue weighted by molar-refractivity contribution is 6.20. The summed E-state index contributed by atoms with van der Waals surface area (Å²) in [5.74, 6) is -0.236. The Hall–Kier alpha value is -3.41. The predicted molar refractivity (Wildman–Crippen MR) is 139 cm³/mol. The van der Waals surface area contributed by atoms with Crippen LogP contribution in [0, 0.1) is 23.7 Å². The Kier molecular flexibility index (Phi) is 5.67. The molecule has 5 rings (SSSR count). The minimum absolute atomic E-state index is 0.0972. The van der Waals surface area contributed by atoms with E-state index in [2.05, 4.69) is 0 Å². The predicted octanol–water partition coefficient (Wildman–Crippen LogP) is 6.39. The minimum Gasteiger partial charge on any atom is -0.507 e. The van der Waals surface area contributed by atoms with Gasteiger partial charge in [-0.3, -0.25) is 14.4 Å². The molecule has 2 aromatic rings. The lowest BCUT2D eigenvalue weighted by Gasteiger charge is -2.45. The van der Waals surface area contributed by atoms with Crippen LogP contribution in [-0.2, 0) is 9.59 Å². The molecule has 194 valence electrons. The normalized spacial score (nSPS) is 23.7. The summed E-state index contributed by atoms with van der Waals surface area (Å²) in [6, 6.07) is 9.51. The van der Waals surface area contributed by atoms with Crippen LogP contribution in [0.3, 0.4) is 0 Å². The number of hydrogen-bond donors (Lipinski definition) is 1. The lowest BCUT2D eigenvalue weighted by molar-refractivity contribution is -0.144. The van der Waals surface area contributed by atoms with Gasteiger partial charge in [-0.1, -0.05) is 44.2 Å². The van der Waals surface area contributed by atoms with Crippen LogP contribution in [0.25, 0.3) is 0 Å². The van der Waals surface area contributed by atoms with Crippen molar-refractivity contribution in [3.05, 3.63) is 63.9 Å². The van der Waals surface area contributed by atoms with Crippen LogP contribution >= 0.6 is 0 Å². The lowest BCUT2D eigenvalue weighted by Crippen LogP contribution is -2.51. The summed E-state index contributed by atoms with van der Waals surface area (Å²) in [6.07, 6.45) is 0.159. The molecule has 0 radical (unpaired) electrons. The van der Waals surface area contributed by atoms with Crippen LogP contribution in [0.5, 0.6) is 17.2 Å². The van der Waals surface area contributed by atoms with Crippen molar-refractivity contribution in [3.63, 3.8) is 0 Å². The molecule has 6 nitrogen and oxygen atoms in total. The number of aromatic hydroxyl groups is 1. The minimum atomic E-state index is -1.22.